The van der Waals surface area contributed by atoms with Crippen LogP contribution in [0.3, 0.4) is 0 Å². The Kier molecular flexibility index (Phi) is 4.37. The third-order valence-corrected chi connectivity index (χ3v) is 4.01. The molecule has 0 unspecified atom stereocenters. The maximum absolute atomic E-state index is 12.6. The first kappa shape index (κ1) is 14.5. The van der Waals surface area contributed by atoms with Crippen molar-refractivity contribution in [2.24, 2.45) is 0 Å². The van der Waals surface area contributed by atoms with Gasteiger partial charge in [0.05, 0.1) is 4.92 Å². The van der Waals surface area contributed by atoms with Gasteiger partial charge in [-0.05, 0) is 38.8 Å². The molecule has 0 bridgehead atoms. The fourth-order valence-electron chi connectivity index (χ4n) is 2.94. The van der Waals surface area contributed by atoms with Gasteiger partial charge in [0.2, 0.25) is 0 Å². The van der Waals surface area contributed by atoms with Gasteiger partial charge in [0.15, 0.2) is 0 Å². The van der Waals surface area contributed by atoms with E-state index in [2.05, 4.69) is 0 Å². The second kappa shape index (κ2) is 6.03. The first-order chi connectivity index (χ1) is 9.54. The topological polar surface area (TPSA) is 63.5 Å². The molecule has 0 radical (unpaired) electrons. The largest absolute Gasteiger partial charge is 0.336 e. The highest BCUT2D eigenvalue weighted by molar-refractivity contribution is 5.95. The molecule has 0 heterocycles. The molecule has 1 aliphatic rings. The van der Waals surface area contributed by atoms with E-state index >= 15 is 0 Å². The number of carbonyl (C=O) groups is 1. The van der Waals surface area contributed by atoms with Gasteiger partial charge in [-0.25, -0.2) is 0 Å². The van der Waals surface area contributed by atoms with E-state index in [1.54, 1.807) is 19.1 Å². The summed E-state index contributed by atoms with van der Waals surface area (Å²) in [6, 6.07) is 4.93. The fraction of sp³-hybridized carbons (Fsp3) is 0.533. The normalized spacial score (nSPS) is 15.3. The molecule has 1 aromatic rings. The monoisotopic (exact) mass is 276 g/mol. The second-order valence-corrected chi connectivity index (χ2v) is 5.29. The van der Waals surface area contributed by atoms with E-state index in [4.69, 9.17) is 0 Å². The molecular formula is C15H20N2O3. The predicted molar refractivity (Wildman–Crippen MR) is 76.8 cm³/mol. The highest BCUT2D eigenvalue weighted by atomic mass is 16.6. The zero-order valence-corrected chi connectivity index (χ0v) is 12.0. The van der Waals surface area contributed by atoms with Crippen LogP contribution in [0.5, 0.6) is 0 Å². The number of nitrogens with zero attached hydrogens (tertiary/aromatic N) is 2. The number of rotatable bonds is 4. The SMILES string of the molecule is CCN(C(=O)c1ccc([N+](=O)[O-])c(C)c1)C1CCCC1. The van der Waals surface area contributed by atoms with E-state index < -0.39 is 4.92 Å². The predicted octanol–water partition coefficient (Wildman–Crippen LogP) is 3.31. The number of benzene rings is 1. The van der Waals surface area contributed by atoms with E-state index in [1.807, 2.05) is 11.8 Å². The summed E-state index contributed by atoms with van der Waals surface area (Å²) < 4.78 is 0. The summed E-state index contributed by atoms with van der Waals surface area (Å²) in [6.07, 6.45) is 4.47. The summed E-state index contributed by atoms with van der Waals surface area (Å²) in [7, 11) is 0. The van der Waals surface area contributed by atoms with Crippen LogP contribution in [0.2, 0.25) is 0 Å². The van der Waals surface area contributed by atoms with Crippen LogP contribution >= 0.6 is 0 Å². The lowest BCUT2D eigenvalue weighted by Crippen LogP contribution is -2.38. The maximum Gasteiger partial charge on any atom is 0.272 e. The van der Waals surface area contributed by atoms with Crippen LogP contribution in [-0.2, 0) is 0 Å². The summed E-state index contributed by atoms with van der Waals surface area (Å²) in [5.41, 5.74) is 1.13. The number of nitro groups is 1. The molecule has 1 aliphatic carbocycles. The molecule has 1 aromatic carbocycles. The Labute approximate surface area is 118 Å². The Morgan fingerprint density at radius 1 is 1.40 bits per heavy atom. The number of nitro benzene ring substituents is 1. The first-order valence-electron chi connectivity index (χ1n) is 7.10. The van der Waals surface area contributed by atoms with Crippen LogP contribution in [0.4, 0.5) is 5.69 Å². The molecule has 20 heavy (non-hydrogen) atoms. The van der Waals surface area contributed by atoms with E-state index in [0.29, 0.717) is 23.7 Å². The summed E-state index contributed by atoms with van der Waals surface area (Å²) in [4.78, 5) is 24.8. The summed E-state index contributed by atoms with van der Waals surface area (Å²) in [6.45, 7) is 4.33. The van der Waals surface area contributed by atoms with Crippen molar-refractivity contribution in [3.63, 3.8) is 0 Å². The molecule has 108 valence electrons. The lowest BCUT2D eigenvalue weighted by molar-refractivity contribution is -0.385. The maximum atomic E-state index is 12.6. The molecule has 0 N–H and O–H groups in total. The molecule has 0 spiro atoms. The Bertz CT molecular complexity index is 522. The van der Waals surface area contributed by atoms with E-state index in [-0.39, 0.29) is 11.6 Å². The van der Waals surface area contributed by atoms with Crippen molar-refractivity contribution in [3.05, 3.63) is 39.4 Å². The second-order valence-electron chi connectivity index (χ2n) is 5.29. The van der Waals surface area contributed by atoms with Crippen LogP contribution in [0.25, 0.3) is 0 Å². The van der Waals surface area contributed by atoms with Crippen molar-refractivity contribution in [3.8, 4) is 0 Å². The smallest absolute Gasteiger partial charge is 0.272 e. The van der Waals surface area contributed by atoms with Gasteiger partial charge in [-0.1, -0.05) is 12.8 Å². The van der Waals surface area contributed by atoms with Gasteiger partial charge in [0.1, 0.15) is 0 Å². The van der Waals surface area contributed by atoms with Crippen LogP contribution in [0.1, 0.15) is 48.5 Å². The van der Waals surface area contributed by atoms with Gasteiger partial charge in [0.25, 0.3) is 11.6 Å². The molecular weight excluding hydrogens is 256 g/mol. The summed E-state index contributed by atoms with van der Waals surface area (Å²) >= 11 is 0. The molecule has 0 saturated heterocycles. The number of aryl methyl sites for hydroxylation is 1. The van der Waals surface area contributed by atoms with Gasteiger partial charge in [-0.3, -0.25) is 14.9 Å². The molecule has 0 atom stereocenters. The Hall–Kier alpha value is -1.91. The van der Waals surface area contributed by atoms with Crippen molar-refractivity contribution in [1.29, 1.82) is 0 Å². The van der Waals surface area contributed by atoms with Crippen LogP contribution in [-0.4, -0.2) is 28.3 Å². The molecule has 1 fully saturated rings. The molecule has 0 aromatic heterocycles. The van der Waals surface area contributed by atoms with Crippen molar-refractivity contribution in [1.82, 2.24) is 4.90 Å². The van der Waals surface area contributed by atoms with Crippen molar-refractivity contribution < 1.29 is 9.72 Å². The molecule has 5 nitrogen and oxygen atoms in total. The third-order valence-electron chi connectivity index (χ3n) is 4.01. The number of amides is 1. The third kappa shape index (κ3) is 2.81. The molecule has 5 heteroatoms. The molecule has 0 aliphatic heterocycles. The number of hydrogen-bond acceptors (Lipinski definition) is 3. The van der Waals surface area contributed by atoms with Gasteiger partial charge in [-0.15, -0.1) is 0 Å². The van der Waals surface area contributed by atoms with Crippen LogP contribution < -0.4 is 0 Å². The lowest BCUT2D eigenvalue weighted by atomic mass is 10.1. The standard InChI is InChI=1S/C15H20N2O3/c1-3-16(13-6-4-5-7-13)15(18)12-8-9-14(17(19)20)11(2)10-12/h8-10,13H,3-7H2,1-2H3. The van der Waals surface area contributed by atoms with Crippen molar-refractivity contribution in [2.75, 3.05) is 6.54 Å². The van der Waals surface area contributed by atoms with E-state index in [1.165, 1.54) is 18.9 Å². The van der Waals surface area contributed by atoms with Crippen LogP contribution in [0, 0.1) is 17.0 Å². The quantitative estimate of drug-likeness (QED) is 0.626. The molecule has 1 amide bonds. The highest BCUT2D eigenvalue weighted by Crippen LogP contribution is 2.26. The molecule has 2 rings (SSSR count). The highest BCUT2D eigenvalue weighted by Gasteiger charge is 2.26. The minimum Gasteiger partial charge on any atom is -0.336 e. The molecule has 1 saturated carbocycles. The van der Waals surface area contributed by atoms with Gasteiger partial charge < -0.3 is 4.90 Å². The Balaban J connectivity index is 2.23. The zero-order chi connectivity index (χ0) is 14.7. The minimum absolute atomic E-state index is 0.0163. The van der Waals surface area contributed by atoms with Crippen molar-refractivity contribution in [2.45, 2.75) is 45.6 Å². The Morgan fingerprint density at radius 3 is 2.55 bits per heavy atom. The zero-order valence-electron chi connectivity index (χ0n) is 12.0. The van der Waals surface area contributed by atoms with Gasteiger partial charge in [-0.2, -0.15) is 0 Å². The van der Waals surface area contributed by atoms with Gasteiger partial charge in [0, 0.05) is 29.8 Å². The van der Waals surface area contributed by atoms with E-state index in [0.717, 1.165) is 12.8 Å². The lowest BCUT2D eigenvalue weighted by Gasteiger charge is -2.27. The number of hydrogen-bond donors (Lipinski definition) is 0. The Morgan fingerprint density at radius 2 is 2.05 bits per heavy atom. The number of carbonyl (C=O) groups excluding carboxylic acids is 1. The van der Waals surface area contributed by atoms with Crippen molar-refractivity contribution >= 4 is 11.6 Å². The summed E-state index contributed by atoms with van der Waals surface area (Å²) in [5, 5.41) is 10.8. The average molecular weight is 276 g/mol. The minimum atomic E-state index is -0.419. The first-order valence-corrected chi connectivity index (χ1v) is 7.10. The van der Waals surface area contributed by atoms with E-state index in [9.17, 15) is 14.9 Å². The fourth-order valence-corrected chi connectivity index (χ4v) is 2.94. The van der Waals surface area contributed by atoms with Gasteiger partial charge >= 0.3 is 0 Å². The van der Waals surface area contributed by atoms with Crippen LogP contribution in [0.15, 0.2) is 18.2 Å². The average Bonchev–Trinajstić information content (AvgIpc) is 2.92. The summed E-state index contributed by atoms with van der Waals surface area (Å²) in [5.74, 6) is -0.0163.